The number of fused-ring (bicyclic) bond motifs is 1. The number of methoxy groups -OCH3 is 1. The summed E-state index contributed by atoms with van der Waals surface area (Å²) in [5.41, 5.74) is 1.71. The lowest BCUT2D eigenvalue weighted by molar-refractivity contribution is -0.142. The third kappa shape index (κ3) is 3.13. The minimum absolute atomic E-state index is 0.00861. The van der Waals surface area contributed by atoms with Gasteiger partial charge in [-0.25, -0.2) is 4.90 Å². The second-order valence-electron chi connectivity index (χ2n) is 8.05. The zero-order valence-corrected chi connectivity index (χ0v) is 16.7. The lowest BCUT2D eigenvalue weighted by atomic mass is 9.78. The molecule has 1 N–H and O–H groups in total. The van der Waals surface area contributed by atoms with Gasteiger partial charge in [-0.1, -0.05) is 48.0 Å². The summed E-state index contributed by atoms with van der Waals surface area (Å²) in [6.07, 6.45) is 0.00861. The van der Waals surface area contributed by atoms with Gasteiger partial charge >= 0.3 is 5.97 Å². The maximum absolute atomic E-state index is 13.4. The number of rotatable bonds is 4. The first-order chi connectivity index (χ1) is 13.9. The van der Waals surface area contributed by atoms with Crippen LogP contribution in [0.25, 0.3) is 0 Å². The molecule has 2 aliphatic heterocycles. The molecule has 2 aliphatic rings. The van der Waals surface area contributed by atoms with Crippen LogP contribution in [0.15, 0.2) is 54.6 Å². The number of esters is 1. The topological polar surface area (TPSA) is 75.7 Å². The van der Waals surface area contributed by atoms with E-state index in [0.29, 0.717) is 5.69 Å². The molecule has 2 amide bonds. The number of benzene rings is 2. The van der Waals surface area contributed by atoms with Gasteiger partial charge in [-0.15, -0.1) is 0 Å². The van der Waals surface area contributed by atoms with E-state index >= 15 is 0 Å². The third-order valence-corrected chi connectivity index (χ3v) is 6.07. The molecule has 0 aliphatic carbocycles. The molecule has 150 valence electrons. The number of para-hydroxylation sites is 1. The van der Waals surface area contributed by atoms with E-state index in [-0.39, 0.29) is 24.3 Å². The summed E-state index contributed by atoms with van der Waals surface area (Å²) < 4.78 is 4.87. The number of nitrogens with zero attached hydrogens (tertiary/aromatic N) is 1. The molecule has 29 heavy (non-hydrogen) atoms. The average Bonchev–Trinajstić information content (AvgIpc) is 3.16. The van der Waals surface area contributed by atoms with Crippen molar-refractivity contribution in [2.24, 2.45) is 11.8 Å². The lowest BCUT2D eigenvalue weighted by Crippen LogP contribution is -2.49. The largest absolute Gasteiger partial charge is 0.469 e. The molecule has 4 rings (SSSR count). The number of imide groups is 1. The monoisotopic (exact) mass is 392 g/mol. The van der Waals surface area contributed by atoms with Gasteiger partial charge in [0, 0.05) is 11.6 Å². The van der Waals surface area contributed by atoms with Crippen molar-refractivity contribution in [3.63, 3.8) is 0 Å². The zero-order valence-electron chi connectivity index (χ0n) is 16.7. The molecule has 0 spiro atoms. The van der Waals surface area contributed by atoms with E-state index in [9.17, 15) is 14.4 Å². The van der Waals surface area contributed by atoms with Crippen LogP contribution in [-0.4, -0.2) is 30.4 Å². The highest BCUT2D eigenvalue weighted by Gasteiger charge is 2.64. The quantitative estimate of drug-likeness (QED) is 0.640. The van der Waals surface area contributed by atoms with Crippen LogP contribution in [0.2, 0.25) is 0 Å². The average molecular weight is 392 g/mol. The number of carbonyl (C=O) groups is 3. The van der Waals surface area contributed by atoms with Gasteiger partial charge in [-0.2, -0.15) is 0 Å². The number of hydrogen-bond acceptors (Lipinski definition) is 5. The molecule has 2 fully saturated rings. The van der Waals surface area contributed by atoms with Crippen molar-refractivity contribution >= 4 is 23.5 Å². The van der Waals surface area contributed by atoms with Crippen molar-refractivity contribution in [3.8, 4) is 0 Å². The van der Waals surface area contributed by atoms with Crippen LogP contribution in [-0.2, 0) is 19.1 Å². The van der Waals surface area contributed by atoms with Crippen molar-refractivity contribution < 1.29 is 19.1 Å². The van der Waals surface area contributed by atoms with E-state index in [2.05, 4.69) is 5.32 Å². The maximum atomic E-state index is 13.4. The highest BCUT2D eigenvalue weighted by molar-refractivity contribution is 6.23. The number of amides is 2. The van der Waals surface area contributed by atoms with Gasteiger partial charge in [0.15, 0.2) is 0 Å². The fourth-order valence-electron chi connectivity index (χ4n) is 4.66. The summed E-state index contributed by atoms with van der Waals surface area (Å²) in [5.74, 6) is -2.17. The third-order valence-electron chi connectivity index (χ3n) is 6.07. The summed E-state index contributed by atoms with van der Waals surface area (Å²) in [6.45, 7) is 3.83. The number of anilines is 1. The SMILES string of the molecule is COC(=O)C[C@]1(C)N[C@H](c2ccc(C)cc2)[C@H]2C(=O)N(c3ccccc3)C(=O)[C@@H]21. The molecule has 2 aromatic rings. The van der Waals surface area contributed by atoms with Crippen LogP contribution < -0.4 is 10.2 Å². The van der Waals surface area contributed by atoms with E-state index in [4.69, 9.17) is 4.74 Å². The van der Waals surface area contributed by atoms with Crippen LogP contribution in [0.3, 0.4) is 0 Å². The van der Waals surface area contributed by atoms with E-state index in [1.807, 2.05) is 44.2 Å². The Morgan fingerprint density at radius 3 is 2.34 bits per heavy atom. The number of aryl methyl sites for hydroxylation is 1. The lowest BCUT2D eigenvalue weighted by Gasteiger charge is -2.30. The van der Waals surface area contributed by atoms with Crippen LogP contribution >= 0.6 is 0 Å². The smallest absolute Gasteiger partial charge is 0.307 e. The standard InChI is InChI=1S/C23H24N2O4/c1-14-9-11-15(12-10-14)20-18-19(23(2,24-20)13-17(26)29-3)22(28)25(21(18)27)16-7-5-4-6-8-16/h4-12,18-20,24H,13H2,1-3H3/t18-,19+,20+,23-/m0/s1. The summed E-state index contributed by atoms with van der Waals surface area (Å²) >= 11 is 0. The van der Waals surface area contributed by atoms with E-state index in [1.54, 1.807) is 24.3 Å². The molecule has 0 bridgehead atoms. The van der Waals surface area contributed by atoms with Gasteiger partial charge in [0.2, 0.25) is 11.8 Å². The summed E-state index contributed by atoms with van der Waals surface area (Å²) in [5, 5.41) is 3.43. The second kappa shape index (κ2) is 7.12. The summed E-state index contributed by atoms with van der Waals surface area (Å²) in [4.78, 5) is 40.3. The molecule has 6 heteroatoms. The molecular weight excluding hydrogens is 368 g/mol. The second-order valence-corrected chi connectivity index (χ2v) is 8.05. The normalized spacial score (nSPS) is 28.5. The van der Waals surface area contributed by atoms with Gasteiger partial charge in [0.25, 0.3) is 0 Å². The molecule has 6 nitrogen and oxygen atoms in total. The minimum atomic E-state index is -0.885. The van der Waals surface area contributed by atoms with E-state index in [1.165, 1.54) is 12.0 Å². The highest BCUT2D eigenvalue weighted by atomic mass is 16.5. The Labute approximate surface area is 169 Å². The Morgan fingerprint density at radius 2 is 1.72 bits per heavy atom. The number of carbonyl (C=O) groups excluding carboxylic acids is 3. The fraction of sp³-hybridized carbons (Fsp3) is 0.348. The predicted molar refractivity (Wildman–Crippen MR) is 108 cm³/mol. The predicted octanol–water partition coefficient (Wildman–Crippen LogP) is 2.77. The first-order valence-electron chi connectivity index (χ1n) is 9.69. The fourth-order valence-corrected chi connectivity index (χ4v) is 4.66. The Balaban J connectivity index is 1.79. The van der Waals surface area contributed by atoms with E-state index in [0.717, 1.165) is 11.1 Å². The van der Waals surface area contributed by atoms with Gasteiger partial charge < -0.3 is 10.1 Å². The molecular formula is C23H24N2O4. The molecule has 4 atom stereocenters. The molecule has 0 unspecified atom stereocenters. The van der Waals surface area contributed by atoms with Gasteiger partial charge in [0.1, 0.15) is 0 Å². The molecule has 2 saturated heterocycles. The number of ether oxygens (including phenoxy) is 1. The van der Waals surface area contributed by atoms with Crippen molar-refractivity contribution in [2.45, 2.75) is 31.8 Å². The molecule has 0 saturated carbocycles. The molecule has 0 radical (unpaired) electrons. The first kappa shape index (κ1) is 19.3. The van der Waals surface area contributed by atoms with Crippen molar-refractivity contribution in [3.05, 3.63) is 65.7 Å². The van der Waals surface area contributed by atoms with Crippen molar-refractivity contribution in [1.82, 2.24) is 5.32 Å². The maximum Gasteiger partial charge on any atom is 0.307 e. The van der Waals surface area contributed by atoms with Gasteiger partial charge in [-0.3, -0.25) is 14.4 Å². The van der Waals surface area contributed by atoms with Crippen LogP contribution in [0.1, 0.15) is 30.5 Å². The summed E-state index contributed by atoms with van der Waals surface area (Å²) in [7, 11) is 1.33. The zero-order chi connectivity index (χ0) is 20.8. The van der Waals surface area contributed by atoms with Crippen molar-refractivity contribution in [2.75, 3.05) is 12.0 Å². The first-order valence-corrected chi connectivity index (χ1v) is 9.69. The Hall–Kier alpha value is -2.99. The minimum Gasteiger partial charge on any atom is -0.469 e. The Kier molecular flexibility index (Phi) is 4.74. The van der Waals surface area contributed by atoms with Crippen LogP contribution in [0.5, 0.6) is 0 Å². The Morgan fingerprint density at radius 1 is 1.07 bits per heavy atom. The van der Waals surface area contributed by atoms with Crippen LogP contribution in [0.4, 0.5) is 5.69 Å². The summed E-state index contributed by atoms with van der Waals surface area (Å²) in [6, 6.07) is 16.5. The highest BCUT2D eigenvalue weighted by Crippen LogP contribution is 2.50. The van der Waals surface area contributed by atoms with Crippen molar-refractivity contribution in [1.29, 1.82) is 0 Å². The number of hydrogen-bond donors (Lipinski definition) is 1. The number of nitrogens with one attached hydrogen (secondary N) is 1. The van der Waals surface area contributed by atoms with Gasteiger partial charge in [0.05, 0.1) is 31.1 Å². The Bertz CT molecular complexity index is 957. The molecule has 2 aromatic carbocycles. The van der Waals surface area contributed by atoms with Gasteiger partial charge in [-0.05, 0) is 31.5 Å². The van der Waals surface area contributed by atoms with Crippen LogP contribution in [0, 0.1) is 18.8 Å². The molecule has 0 aromatic heterocycles. The van der Waals surface area contributed by atoms with E-state index < -0.39 is 23.3 Å². The molecule has 2 heterocycles.